The van der Waals surface area contributed by atoms with Gasteiger partial charge in [0, 0.05) is 16.7 Å². The largest absolute Gasteiger partial charge is 0.411 e. The number of hydrogen-bond acceptors (Lipinski definition) is 1. The average Bonchev–Trinajstić information content (AvgIpc) is 4.30. The Morgan fingerprint density at radius 2 is 0.414 bits per heavy atom. The third-order valence-electron chi connectivity index (χ3n) is 24.1. The van der Waals surface area contributed by atoms with Crippen LogP contribution >= 0.6 is 34.8 Å². The molecule has 0 amide bonds. The normalized spacial score (nSPS) is 22.4. The molecular formula is C63H2Cl3F3O. The molecule has 0 N–H and O–H groups in total. The van der Waals surface area contributed by atoms with Gasteiger partial charge in [0.25, 0.3) is 0 Å². The van der Waals surface area contributed by atoms with Crippen LogP contribution in [0.1, 0.15) is 33.4 Å². The smallest absolute Gasteiger partial charge is 0.351 e. The zero-order chi connectivity index (χ0) is 42.9. The minimum Gasteiger partial charge on any atom is -0.351 e. The average molecular weight is 938 g/mol. The molecule has 70 heavy (non-hydrogen) atoms. The number of rotatable bonds is 2. The Labute approximate surface area is 391 Å². The Bertz CT molecular complexity index is 7260. The third kappa shape index (κ3) is 1.52. The molecule has 27 aromatic carbocycles. The van der Waals surface area contributed by atoms with E-state index in [-0.39, 0.29) is 0 Å². The molecule has 5 aliphatic rings. The first-order valence-corrected chi connectivity index (χ1v) is 25.9. The van der Waals surface area contributed by atoms with Crippen molar-refractivity contribution in [2.24, 2.45) is 0 Å². The van der Waals surface area contributed by atoms with Crippen LogP contribution in [0.3, 0.4) is 0 Å². The summed E-state index contributed by atoms with van der Waals surface area (Å²) < 4.78 is 52.5. The molecule has 2 unspecified atom stereocenters. The van der Waals surface area contributed by atoms with Crippen molar-refractivity contribution in [3.63, 3.8) is 0 Å². The molecule has 0 radical (unpaired) electrons. The van der Waals surface area contributed by atoms with Gasteiger partial charge < -0.3 is 4.74 Å². The fourth-order valence-corrected chi connectivity index (χ4v) is 24.9. The first kappa shape index (κ1) is 28.1. The molecule has 0 aromatic heterocycles. The third-order valence-corrected chi connectivity index (χ3v) is 24.9. The lowest BCUT2D eigenvalue weighted by molar-refractivity contribution is -0.193. The van der Waals surface area contributed by atoms with E-state index in [1.54, 1.807) is 0 Å². The topological polar surface area (TPSA) is 9.23 Å². The lowest BCUT2D eigenvalue weighted by Crippen LogP contribution is -2.50. The standard InChI is InChI=1S/C63H2Cl3F3O/c64-63(65,66)61-54-46-37-30-17-10-4-5-7-3-2-6(4)15(17)21-19-8(2)12-9(3)20-22-16(7)18-11(5)14-13(10)24-32-25(14)34-31(18)38-36(22)40-27(20)29-23(12)28-26(19)39(35(21)37)50(54)52-41(28)42(29)53-51(40)55-47(38)44(34)49-45(32)48(43(46)33(24)30)56(61)58(49)62(55,59(53)57(52)61)70-1-60(67,68)69/h1H2. The fraction of sp³-hybridized carbons (Fsp3) is 0.0794. The molecule has 0 saturated carbocycles. The summed E-state index contributed by atoms with van der Waals surface area (Å²) in [7, 11) is 0. The molecule has 1 nitrogen and oxygen atoms in total. The fourth-order valence-electron chi connectivity index (χ4n) is 24.0. The summed E-state index contributed by atoms with van der Waals surface area (Å²) in [5, 5.41) is 69.4. The van der Waals surface area contributed by atoms with Crippen molar-refractivity contribution >= 4 is 315 Å². The molecule has 0 spiro atoms. The quantitative estimate of drug-likeness (QED) is 0.124. The SMILES string of the molecule is FC(F)(F)COC12c3c4c5c6c7c8c9c%10c(c1c1c%11c2c2c%12c3c5c3c5c%12c%12c2c2c%11c%11c%13c1c%10c1c%10c9c9c7c7c6c3c3c5c5c%12c6c2c%11c2c(c%131)c1c%10c9c9c7c3c3c9c1c2c6c53)C48C(Cl)(Cl)Cl. The van der Waals surface area contributed by atoms with Crippen molar-refractivity contribution in [1.82, 2.24) is 0 Å². The highest BCUT2D eigenvalue weighted by atomic mass is 35.6. The van der Waals surface area contributed by atoms with Crippen molar-refractivity contribution in [2.45, 2.75) is 21.0 Å². The van der Waals surface area contributed by atoms with Gasteiger partial charge in [0.2, 0.25) is 3.79 Å². The summed E-state index contributed by atoms with van der Waals surface area (Å²) >= 11 is 24.5. The van der Waals surface area contributed by atoms with E-state index in [0.717, 1.165) is 65.7 Å². The van der Waals surface area contributed by atoms with Crippen LogP contribution < -0.4 is 0 Å². The van der Waals surface area contributed by atoms with E-state index in [1.807, 2.05) is 0 Å². The first-order valence-electron chi connectivity index (χ1n) is 24.7. The van der Waals surface area contributed by atoms with Gasteiger partial charge in [0.1, 0.15) is 12.2 Å². The summed E-state index contributed by atoms with van der Waals surface area (Å²) in [6.45, 7) is -1.39. The number of benzene rings is 17. The second-order valence-corrected chi connectivity index (χ2v) is 26.9. The minimum absolute atomic E-state index is 0.845. The van der Waals surface area contributed by atoms with Crippen LogP contribution in [0.25, 0.3) is 280 Å². The Morgan fingerprint density at radius 3 is 0.686 bits per heavy atom. The molecule has 0 aliphatic heterocycles. The highest BCUT2D eigenvalue weighted by molar-refractivity contribution is 6.82. The van der Waals surface area contributed by atoms with E-state index in [9.17, 15) is 0 Å². The molecule has 5 aliphatic carbocycles. The number of hydrogen-bond donors (Lipinski definition) is 0. The Hall–Kier alpha value is -6.92. The maximum Gasteiger partial charge on any atom is 0.411 e. The summed E-state index contributed by atoms with van der Waals surface area (Å²) in [5.74, 6) is 0. The van der Waals surface area contributed by atoms with E-state index in [1.165, 1.54) is 248 Å². The second-order valence-electron chi connectivity index (χ2n) is 24.6. The van der Waals surface area contributed by atoms with Crippen LogP contribution in [0.5, 0.6) is 0 Å². The van der Waals surface area contributed by atoms with E-state index < -0.39 is 27.6 Å². The molecule has 0 fully saturated rings. The van der Waals surface area contributed by atoms with Gasteiger partial charge in [-0.2, -0.15) is 13.2 Å². The van der Waals surface area contributed by atoms with Crippen LogP contribution in [0.2, 0.25) is 0 Å². The van der Waals surface area contributed by atoms with Crippen molar-refractivity contribution in [3.05, 3.63) is 33.4 Å². The molecule has 0 saturated heterocycles. The zero-order valence-electron chi connectivity index (χ0n) is 34.4. The summed E-state index contributed by atoms with van der Waals surface area (Å²) in [6, 6.07) is 0. The van der Waals surface area contributed by atoms with E-state index in [2.05, 4.69) is 0 Å². The van der Waals surface area contributed by atoms with Crippen LogP contribution in [0.4, 0.5) is 13.2 Å². The lowest BCUT2D eigenvalue weighted by Gasteiger charge is -2.50. The van der Waals surface area contributed by atoms with Crippen molar-refractivity contribution in [1.29, 1.82) is 0 Å². The van der Waals surface area contributed by atoms with E-state index >= 15 is 13.2 Å². The summed E-state index contributed by atoms with van der Waals surface area (Å²) in [5.41, 5.74) is 2.65. The van der Waals surface area contributed by atoms with Gasteiger partial charge in [-0.25, -0.2) is 0 Å². The number of halogens is 6. The number of ether oxygens (including phenoxy) is 1. The second kappa shape index (κ2) is 6.21. The molecule has 2 atom stereocenters. The van der Waals surface area contributed by atoms with E-state index in [4.69, 9.17) is 39.5 Å². The van der Waals surface area contributed by atoms with Crippen molar-refractivity contribution < 1.29 is 17.9 Å². The van der Waals surface area contributed by atoms with Crippen molar-refractivity contribution in [2.75, 3.05) is 6.61 Å². The van der Waals surface area contributed by atoms with Crippen LogP contribution in [0, 0.1) is 0 Å². The molecule has 0 heterocycles. The van der Waals surface area contributed by atoms with Gasteiger partial charge in [0.05, 0.1) is 5.41 Å². The summed E-state index contributed by atoms with van der Waals surface area (Å²) in [4.78, 5) is 0. The Balaban J connectivity index is 1.22. The first-order chi connectivity index (χ1) is 34.2. The summed E-state index contributed by atoms with van der Waals surface area (Å²) in [6.07, 6.45) is -4.61. The predicted molar refractivity (Wildman–Crippen MR) is 284 cm³/mol. The van der Waals surface area contributed by atoms with Gasteiger partial charge in [0.15, 0.2) is 0 Å². The van der Waals surface area contributed by atoms with Crippen LogP contribution in [-0.4, -0.2) is 16.6 Å². The maximum atomic E-state index is 15.7. The molecule has 0 bridgehead atoms. The van der Waals surface area contributed by atoms with Crippen LogP contribution in [-0.2, 0) is 15.8 Å². The highest BCUT2D eigenvalue weighted by Gasteiger charge is 2.72. The predicted octanol–water partition coefficient (Wildman–Crippen LogP) is 18.9. The number of alkyl halides is 6. The Morgan fingerprint density at radius 1 is 0.243 bits per heavy atom. The lowest BCUT2D eigenvalue weighted by atomic mass is 9.58. The Kier molecular flexibility index (Phi) is 2.49. The molecule has 27 aromatic rings. The van der Waals surface area contributed by atoms with E-state index in [0.29, 0.717) is 0 Å². The molecular weight excluding hydrogens is 936 g/mol. The monoisotopic (exact) mass is 936 g/mol. The van der Waals surface area contributed by atoms with Crippen molar-refractivity contribution in [3.8, 4) is 0 Å². The molecule has 32 rings (SSSR count). The van der Waals surface area contributed by atoms with Gasteiger partial charge in [-0.15, -0.1) is 0 Å². The zero-order valence-corrected chi connectivity index (χ0v) is 36.7. The van der Waals surface area contributed by atoms with Gasteiger partial charge in [-0.1, -0.05) is 34.8 Å². The maximum absolute atomic E-state index is 15.7. The van der Waals surface area contributed by atoms with Gasteiger partial charge in [-0.05, 0) is 297 Å². The molecule has 7 heteroatoms. The van der Waals surface area contributed by atoms with Crippen LogP contribution in [0.15, 0.2) is 0 Å². The van der Waals surface area contributed by atoms with Gasteiger partial charge >= 0.3 is 6.18 Å². The minimum atomic E-state index is -4.61. The van der Waals surface area contributed by atoms with Gasteiger partial charge in [-0.3, -0.25) is 0 Å². The molecule has 302 valence electrons. The highest BCUT2D eigenvalue weighted by Crippen LogP contribution is 2.85.